The number of benzene rings is 2. The molecule has 0 aromatic heterocycles. The van der Waals surface area contributed by atoms with Gasteiger partial charge in [-0.25, -0.2) is 0 Å². The Kier molecular flexibility index (Phi) is 6.24. The van der Waals surface area contributed by atoms with Gasteiger partial charge in [0, 0.05) is 17.5 Å². The van der Waals surface area contributed by atoms with E-state index in [1.165, 1.54) is 5.56 Å². The Balaban J connectivity index is 1.61. The fraction of sp³-hybridized carbons (Fsp3) is 0.364. The van der Waals surface area contributed by atoms with E-state index in [4.69, 9.17) is 0 Å². The molecular weight excluding hydrogens is 338 g/mol. The molecular formula is C22H28N3O2+. The second-order valence-corrected chi connectivity index (χ2v) is 7.46. The van der Waals surface area contributed by atoms with Crippen molar-refractivity contribution in [3.8, 4) is 0 Å². The van der Waals surface area contributed by atoms with E-state index in [1.807, 2.05) is 30.3 Å². The number of carbonyl (C=O) groups is 2. The Labute approximate surface area is 160 Å². The summed E-state index contributed by atoms with van der Waals surface area (Å²) in [6.07, 6.45) is 2.07. The zero-order valence-electron chi connectivity index (χ0n) is 15.9. The molecule has 2 amide bonds. The molecule has 27 heavy (non-hydrogen) atoms. The average molecular weight is 366 g/mol. The Bertz CT molecular complexity index is 785. The van der Waals surface area contributed by atoms with Gasteiger partial charge < -0.3 is 16.0 Å². The van der Waals surface area contributed by atoms with E-state index in [9.17, 15) is 9.59 Å². The van der Waals surface area contributed by atoms with Crippen LogP contribution in [0.3, 0.4) is 0 Å². The van der Waals surface area contributed by atoms with Gasteiger partial charge in [-0.05, 0) is 25.0 Å². The first-order valence-corrected chi connectivity index (χ1v) is 9.62. The van der Waals surface area contributed by atoms with E-state index < -0.39 is 0 Å². The summed E-state index contributed by atoms with van der Waals surface area (Å²) >= 11 is 0. The van der Waals surface area contributed by atoms with Crippen LogP contribution in [0.1, 0.15) is 48.7 Å². The molecule has 1 saturated carbocycles. The van der Waals surface area contributed by atoms with Gasteiger partial charge in [-0.2, -0.15) is 0 Å². The molecule has 0 saturated heterocycles. The highest BCUT2D eigenvalue weighted by Crippen LogP contribution is 2.21. The molecule has 5 heteroatoms. The average Bonchev–Trinajstić information content (AvgIpc) is 3.47. The van der Waals surface area contributed by atoms with E-state index in [1.54, 1.807) is 12.1 Å². The van der Waals surface area contributed by atoms with Crippen molar-refractivity contribution in [1.29, 1.82) is 0 Å². The molecule has 0 aliphatic heterocycles. The van der Waals surface area contributed by atoms with E-state index in [0.29, 0.717) is 23.7 Å². The van der Waals surface area contributed by atoms with Crippen LogP contribution in [-0.2, 0) is 4.79 Å². The lowest BCUT2D eigenvalue weighted by molar-refractivity contribution is -0.692. The fourth-order valence-corrected chi connectivity index (χ4v) is 3.18. The summed E-state index contributed by atoms with van der Waals surface area (Å²) < 4.78 is 0. The molecule has 1 aliphatic carbocycles. The van der Waals surface area contributed by atoms with Crippen LogP contribution < -0.4 is 16.0 Å². The summed E-state index contributed by atoms with van der Waals surface area (Å²) in [5.41, 5.74) is 2.29. The molecule has 142 valence electrons. The first kappa shape index (κ1) is 19.1. The molecule has 5 nitrogen and oxygen atoms in total. The maximum Gasteiger partial charge on any atom is 0.279 e. The summed E-state index contributed by atoms with van der Waals surface area (Å²) in [5, 5.41) is 7.93. The highest BCUT2D eigenvalue weighted by Gasteiger charge is 2.25. The summed E-state index contributed by atoms with van der Waals surface area (Å²) in [6.45, 7) is 4.61. The Morgan fingerprint density at radius 3 is 2.37 bits per heavy atom. The topological polar surface area (TPSA) is 74.8 Å². The van der Waals surface area contributed by atoms with Gasteiger partial charge >= 0.3 is 0 Å². The number of rotatable bonds is 8. The number of nitrogens with two attached hydrogens (primary N) is 1. The number of hydrogen-bond donors (Lipinski definition) is 3. The van der Waals surface area contributed by atoms with Crippen molar-refractivity contribution in [1.82, 2.24) is 5.32 Å². The van der Waals surface area contributed by atoms with Crippen molar-refractivity contribution in [3.63, 3.8) is 0 Å². The number of para-hydroxylation sites is 1. The maximum atomic E-state index is 12.5. The van der Waals surface area contributed by atoms with Crippen LogP contribution in [0.25, 0.3) is 0 Å². The molecule has 1 fully saturated rings. The van der Waals surface area contributed by atoms with Crippen LogP contribution >= 0.6 is 0 Å². The number of nitrogens with one attached hydrogen (secondary N) is 2. The minimum Gasteiger partial charge on any atom is -0.349 e. The molecule has 0 radical (unpaired) electrons. The molecule has 1 atom stereocenters. The van der Waals surface area contributed by atoms with Gasteiger partial charge in [0.1, 0.15) is 6.04 Å². The highest BCUT2D eigenvalue weighted by molar-refractivity contribution is 6.04. The standard InChI is InChI=1S/C22H27N3O2/c1-15(2)21(16-8-4-3-5-9-16)23-14-20(26)25-19-11-7-6-10-18(19)22(27)24-17-12-13-17/h3-11,15,17,21,23H,12-14H2,1-2H3,(H,24,27)(H,25,26)/p+1/t21-/m0/s1. The molecule has 1 aliphatic rings. The van der Waals surface area contributed by atoms with E-state index >= 15 is 0 Å². The second kappa shape index (κ2) is 8.82. The summed E-state index contributed by atoms with van der Waals surface area (Å²) in [6, 6.07) is 17.9. The van der Waals surface area contributed by atoms with E-state index in [2.05, 4.69) is 41.9 Å². The summed E-state index contributed by atoms with van der Waals surface area (Å²) in [4.78, 5) is 24.9. The van der Waals surface area contributed by atoms with Gasteiger partial charge in [0.05, 0.1) is 11.3 Å². The van der Waals surface area contributed by atoms with Crippen molar-refractivity contribution >= 4 is 17.5 Å². The van der Waals surface area contributed by atoms with Gasteiger partial charge in [0.15, 0.2) is 6.54 Å². The van der Waals surface area contributed by atoms with Gasteiger partial charge in [-0.15, -0.1) is 0 Å². The smallest absolute Gasteiger partial charge is 0.279 e. The minimum absolute atomic E-state index is 0.108. The molecule has 0 bridgehead atoms. The van der Waals surface area contributed by atoms with Crippen LogP contribution in [0.5, 0.6) is 0 Å². The number of anilines is 1. The number of hydrogen-bond acceptors (Lipinski definition) is 2. The monoisotopic (exact) mass is 366 g/mol. The summed E-state index contributed by atoms with van der Waals surface area (Å²) in [5.74, 6) is 0.168. The van der Waals surface area contributed by atoms with Crippen LogP contribution in [0.15, 0.2) is 54.6 Å². The molecule has 3 rings (SSSR count). The lowest BCUT2D eigenvalue weighted by Gasteiger charge is -2.19. The lowest BCUT2D eigenvalue weighted by atomic mass is 9.96. The zero-order chi connectivity index (χ0) is 19.2. The second-order valence-electron chi connectivity index (χ2n) is 7.46. The number of amides is 2. The van der Waals surface area contributed by atoms with Crippen LogP contribution in [0, 0.1) is 5.92 Å². The molecule has 2 aromatic rings. The minimum atomic E-state index is -0.123. The van der Waals surface area contributed by atoms with Gasteiger partial charge in [0.25, 0.3) is 11.8 Å². The fourth-order valence-electron chi connectivity index (χ4n) is 3.18. The first-order chi connectivity index (χ1) is 13.0. The predicted octanol–water partition coefficient (Wildman–Crippen LogP) is 2.48. The number of carbonyl (C=O) groups excluding carboxylic acids is 2. The van der Waals surface area contributed by atoms with Gasteiger partial charge in [0.2, 0.25) is 0 Å². The molecule has 0 heterocycles. The third-order valence-corrected chi connectivity index (χ3v) is 4.82. The van der Waals surface area contributed by atoms with Gasteiger partial charge in [-0.1, -0.05) is 56.3 Å². The molecule has 0 spiro atoms. The van der Waals surface area contributed by atoms with Crippen molar-refractivity contribution in [2.45, 2.75) is 38.8 Å². The Morgan fingerprint density at radius 2 is 1.70 bits per heavy atom. The third kappa shape index (κ3) is 5.41. The SMILES string of the molecule is CC(C)[C@H]([NH2+]CC(=O)Nc1ccccc1C(=O)NC1CC1)c1ccccc1. The first-order valence-electron chi connectivity index (χ1n) is 9.62. The third-order valence-electron chi connectivity index (χ3n) is 4.82. The largest absolute Gasteiger partial charge is 0.349 e. The van der Waals surface area contributed by atoms with Crippen LogP contribution in [0.2, 0.25) is 0 Å². The van der Waals surface area contributed by atoms with Crippen molar-refractivity contribution in [2.24, 2.45) is 5.92 Å². The van der Waals surface area contributed by atoms with Crippen molar-refractivity contribution < 1.29 is 14.9 Å². The van der Waals surface area contributed by atoms with Gasteiger partial charge in [-0.3, -0.25) is 9.59 Å². The van der Waals surface area contributed by atoms with Crippen LogP contribution in [-0.4, -0.2) is 24.4 Å². The normalized spacial score (nSPS) is 14.6. The maximum absolute atomic E-state index is 12.5. The molecule has 4 N–H and O–H groups in total. The van der Waals surface area contributed by atoms with E-state index in [-0.39, 0.29) is 23.9 Å². The Hall–Kier alpha value is -2.66. The number of quaternary nitrogens is 1. The summed E-state index contributed by atoms with van der Waals surface area (Å²) in [7, 11) is 0. The van der Waals surface area contributed by atoms with Crippen molar-refractivity contribution in [2.75, 3.05) is 11.9 Å². The Morgan fingerprint density at radius 1 is 1.04 bits per heavy atom. The van der Waals surface area contributed by atoms with Crippen molar-refractivity contribution in [3.05, 3.63) is 65.7 Å². The highest BCUT2D eigenvalue weighted by atomic mass is 16.2. The zero-order valence-corrected chi connectivity index (χ0v) is 15.9. The van der Waals surface area contributed by atoms with E-state index in [0.717, 1.165) is 12.8 Å². The van der Waals surface area contributed by atoms with Crippen LogP contribution in [0.4, 0.5) is 5.69 Å². The lowest BCUT2D eigenvalue weighted by Crippen LogP contribution is -2.88. The predicted molar refractivity (Wildman–Crippen MR) is 106 cm³/mol. The molecule has 2 aromatic carbocycles. The quantitative estimate of drug-likeness (QED) is 0.671. The molecule has 0 unspecified atom stereocenters.